The van der Waals surface area contributed by atoms with E-state index in [1.54, 1.807) is 7.11 Å². The minimum absolute atomic E-state index is 0.411. The van der Waals surface area contributed by atoms with E-state index in [9.17, 15) is 0 Å². The maximum absolute atomic E-state index is 5.70. The average molecular weight is 190 g/mol. The molecule has 3 nitrogen and oxygen atoms in total. The van der Waals surface area contributed by atoms with Gasteiger partial charge in [-0.25, -0.2) is 0 Å². The molecule has 1 atom stereocenters. The minimum Gasteiger partial charge on any atom is -0.497 e. The summed E-state index contributed by atoms with van der Waals surface area (Å²) in [5.74, 6) is 1.26. The molecule has 1 unspecified atom stereocenters. The first kappa shape index (κ1) is 9.21. The van der Waals surface area contributed by atoms with Gasteiger partial charge >= 0.3 is 0 Å². The highest BCUT2D eigenvalue weighted by atomic mass is 16.5. The summed E-state index contributed by atoms with van der Waals surface area (Å²) in [6.45, 7) is 0.672. The molecule has 1 aromatic carbocycles. The Morgan fingerprint density at radius 2 is 2.43 bits per heavy atom. The third kappa shape index (κ3) is 1.51. The molecule has 0 saturated heterocycles. The van der Waals surface area contributed by atoms with Crippen molar-refractivity contribution in [1.82, 2.24) is 0 Å². The molecule has 0 amide bonds. The molecule has 1 aromatic rings. The first-order chi connectivity index (χ1) is 6.85. The van der Waals surface area contributed by atoms with Crippen LogP contribution in [0.5, 0.6) is 5.75 Å². The molecule has 14 heavy (non-hydrogen) atoms. The fourth-order valence-electron chi connectivity index (χ4n) is 1.74. The lowest BCUT2D eigenvalue weighted by molar-refractivity contribution is 0.414. The molecule has 74 valence electrons. The van der Waals surface area contributed by atoms with Gasteiger partial charge in [0.25, 0.3) is 0 Å². The predicted octanol–water partition coefficient (Wildman–Crippen LogP) is 1.84. The van der Waals surface area contributed by atoms with E-state index in [4.69, 9.17) is 10.5 Å². The molecule has 0 spiro atoms. The Kier molecular flexibility index (Phi) is 2.50. The first-order valence-electron chi connectivity index (χ1n) is 4.75. The average Bonchev–Trinajstić information content (AvgIpc) is 2.27. The third-order valence-electron chi connectivity index (χ3n) is 2.58. The van der Waals surface area contributed by atoms with Crippen LogP contribution in [0.3, 0.4) is 0 Å². The normalized spacial score (nSPS) is 19.1. The fraction of sp³-hybridized carbons (Fsp3) is 0.364. The van der Waals surface area contributed by atoms with Gasteiger partial charge in [0.2, 0.25) is 0 Å². The van der Waals surface area contributed by atoms with Gasteiger partial charge < -0.3 is 10.5 Å². The molecule has 0 radical (unpaired) electrons. The Balaban J connectivity index is 2.42. The highest BCUT2D eigenvalue weighted by molar-refractivity contribution is 5.71. The summed E-state index contributed by atoms with van der Waals surface area (Å²) in [6, 6.07) is 5.97. The van der Waals surface area contributed by atoms with Crippen molar-refractivity contribution in [3.63, 3.8) is 0 Å². The molecule has 0 bridgehead atoms. The van der Waals surface area contributed by atoms with Crippen molar-refractivity contribution in [3.05, 3.63) is 23.8 Å². The number of aliphatic imine (C=N–C) groups is 1. The second kappa shape index (κ2) is 3.80. The fourth-order valence-corrected chi connectivity index (χ4v) is 1.74. The summed E-state index contributed by atoms with van der Waals surface area (Å²) >= 11 is 0. The summed E-state index contributed by atoms with van der Waals surface area (Å²) in [5, 5.41) is 0. The van der Waals surface area contributed by atoms with E-state index in [1.165, 1.54) is 5.56 Å². The van der Waals surface area contributed by atoms with Crippen LogP contribution in [-0.2, 0) is 0 Å². The molecular weight excluding hydrogens is 176 g/mol. The number of ether oxygens (including phenoxy) is 1. The predicted molar refractivity (Wildman–Crippen MR) is 57.6 cm³/mol. The van der Waals surface area contributed by atoms with E-state index in [-0.39, 0.29) is 0 Å². The number of nitrogens with two attached hydrogens (primary N) is 1. The lowest BCUT2D eigenvalue weighted by Crippen LogP contribution is -2.15. The van der Waals surface area contributed by atoms with Crippen molar-refractivity contribution >= 4 is 11.9 Å². The van der Waals surface area contributed by atoms with Gasteiger partial charge in [0.1, 0.15) is 5.75 Å². The zero-order chi connectivity index (χ0) is 9.97. The van der Waals surface area contributed by atoms with Crippen molar-refractivity contribution in [3.8, 4) is 5.75 Å². The van der Waals surface area contributed by atoms with Gasteiger partial charge in [0.05, 0.1) is 12.8 Å². The monoisotopic (exact) mass is 190 g/mol. The van der Waals surface area contributed by atoms with Crippen molar-refractivity contribution in [1.29, 1.82) is 0 Å². The van der Waals surface area contributed by atoms with E-state index in [2.05, 4.69) is 11.1 Å². The number of hydrogen-bond donors (Lipinski definition) is 1. The van der Waals surface area contributed by atoms with Gasteiger partial charge in [-0.3, -0.25) is 4.99 Å². The first-order valence-corrected chi connectivity index (χ1v) is 4.75. The molecule has 0 fully saturated rings. The number of methoxy groups -OCH3 is 1. The topological polar surface area (TPSA) is 47.6 Å². The van der Waals surface area contributed by atoms with Gasteiger partial charge in [-0.15, -0.1) is 0 Å². The van der Waals surface area contributed by atoms with Crippen molar-refractivity contribution in [2.45, 2.75) is 12.3 Å². The highest BCUT2D eigenvalue weighted by Gasteiger charge is 2.16. The van der Waals surface area contributed by atoms with Gasteiger partial charge in [0.15, 0.2) is 0 Å². The van der Waals surface area contributed by atoms with Gasteiger partial charge in [-0.05, 0) is 24.6 Å². The quantitative estimate of drug-likeness (QED) is 0.773. The number of benzene rings is 1. The molecular formula is C11H14N2O. The van der Waals surface area contributed by atoms with Crippen molar-refractivity contribution in [2.24, 2.45) is 10.7 Å². The van der Waals surface area contributed by atoms with E-state index in [1.807, 2.05) is 18.3 Å². The number of hydrogen-bond acceptors (Lipinski definition) is 3. The van der Waals surface area contributed by atoms with E-state index in [0.717, 1.165) is 17.9 Å². The Hall–Kier alpha value is -1.35. The maximum atomic E-state index is 5.70. The number of nitrogens with zero attached hydrogens (tertiary/aromatic N) is 1. The lowest BCUT2D eigenvalue weighted by atomic mass is 9.93. The number of rotatable bonds is 2. The molecule has 0 aliphatic carbocycles. The standard InChI is InChI=1S/C11H14N2O/c1-14-9-2-3-10-8(7-12)4-5-13-11(10)6-9/h2-3,5-6,8H,4,7,12H2,1H3. The number of fused-ring (bicyclic) bond motifs is 1. The second-order valence-electron chi connectivity index (χ2n) is 3.40. The SMILES string of the molecule is COc1ccc2c(c1)N=CCC2CN. The summed E-state index contributed by atoms with van der Waals surface area (Å²) in [4.78, 5) is 4.34. The van der Waals surface area contributed by atoms with Gasteiger partial charge in [0, 0.05) is 18.2 Å². The molecule has 1 heterocycles. The summed E-state index contributed by atoms with van der Waals surface area (Å²) < 4.78 is 5.14. The van der Waals surface area contributed by atoms with Crippen molar-refractivity contribution in [2.75, 3.05) is 13.7 Å². The van der Waals surface area contributed by atoms with E-state index in [0.29, 0.717) is 12.5 Å². The summed E-state index contributed by atoms with van der Waals surface area (Å²) in [7, 11) is 1.66. The van der Waals surface area contributed by atoms with Crippen LogP contribution in [-0.4, -0.2) is 19.9 Å². The Labute approximate surface area is 83.6 Å². The van der Waals surface area contributed by atoms with Gasteiger partial charge in [-0.2, -0.15) is 0 Å². The Bertz CT molecular complexity index is 360. The lowest BCUT2D eigenvalue weighted by Gasteiger charge is -2.19. The zero-order valence-corrected chi connectivity index (χ0v) is 8.23. The van der Waals surface area contributed by atoms with E-state index >= 15 is 0 Å². The molecule has 3 heteroatoms. The molecule has 2 N–H and O–H groups in total. The van der Waals surface area contributed by atoms with Crippen LogP contribution < -0.4 is 10.5 Å². The van der Waals surface area contributed by atoms with Gasteiger partial charge in [-0.1, -0.05) is 6.07 Å². The zero-order valence-electron chi connectivity index (χ0n) is 8.23. The Morgan fingerprint density at radius 1 is 1.57 bits per heavy atom. The molecule has 2 rings (SSSR count). The van der Waals surface area contributed by atoms with Crippen LogP contribution in [0.25, 0.3) is 0 Å². The van der Waals surface area contributed by atoms with Crippen LogP contribution in [0.15, 0.2) is 23.2 Å². The molecule has 0 aromatic heterocycles. The molecule has 1 aliphatic heterocycles. The van der Waals surface area contributed by atoms with E-state index < -0.39 is 0 Å². The third-order valence-corrected chi connectivity index (χ3v) is 2.58. The summed E-state index contributed by atoms with van der Waals surface area (Å²) in [5.41, 5.74) is 7.92. The van der Waals surface area contributed by atoms with Crippen molar-refractivity contribution < 1.29 is 4.74 Å². The molecule has 1 aliphatic rings. The summed E-state index contributed by atoms with van der Waals surface area (Å²) in [6.07, 6.45) is 2.87. The molecule has 0 saturated carbocycles. The van der Waals surface area contributed by atoms with Crippen LogP contribution in [0.2, 0.25) is 0 Å². The smallest absolute Gasteiger partial charge is 0.121 e. The minimum atomic E-state index is 0.411. The van der Waals surface area contributed by atoms with Crippen LogP contribution in [0.1, 0.15) is 17.9 Å². The van der Waals surface area contributed by atoms with Crippen LogP contribution in [0.4, 0.5) is 5.69 Å². The maximum Gasteiger partial charge on any atom is 0.121 e. The van der Waals surface area contributed by atoms with Crippen LogP contribution >= 0.6 is 0 Å². The largest absolute Gasteiger partial charge is 0.497 e. The Morgan fingerprint density at radius 3 is 3.14 bits per heavy atom. The second-order valence-corrected chi connectivity index (χ2v) is 3.40. The van der Waals surface area contributed by atoms with Crippen LogP contribution in [0, 0.1) is 0 Å². The highest BCUT2D eigenvalue weighted by Crippen LogP contribution is 2.34.